The molecule has 3 aromatic carbocycles. The van der Waals surface area contributed by atoms with Gasteiger partial charge in [-0.25, -0.2) is 0 Å². The molecule has 0 aliphatic rings. The third kappa shape index (κ3) is 7.67. The second-order valence-electron chi connectivity index (χ2n) is 7.61. The summed E-state index contributed by atoms with van der Waals surface area (Å²) in [6.45, 7) is 0.327. The lowest BCUT2D eigenvalue weighted by atomic mass is 9.99. The summed E-state index contributed by atoms with van der Waals surface area (Å²) in [4.78, 5) is 0. The van der Waals surface area contributed by atoms with Crippen molar-refractivity contribution in [3.63, 3.8) is 0 Å². The third-order valence-electron chi connectivity index (χ3n) is 4.79. The highest BCUT2D eigenvalue weighted by atomic mass is 35.5. The summed E-state index contributed by atoms with van der Waals surface area (Å²) >= 11 is 6.07. The van der Waals surface area contributed by atoms with Gasteiger partial charge in [0.05, 0.1) is 35.1 Å². The van der Waals surface area contributed by atoms with Crippen LogP contribution in [-0.2, 0) is 22.7 Å². The molecule has 3 aromatic rings. The minimum absolute atomic E-state index is 0.327. The van der Waals surface area contributed by atoms with Crippen molar-refractivity contribution >= 4 is 21.7 Å². The number of rotatable bonds is 7. The van der Waals surface area contributed by atoms with Crippen LogP contribution in [0, 0.1) is 23.2 Å². The molecule has 0 saturated carbocycles. The minimum atomic E-state index is -4.79. The monoisotopic (exact) mass is 533 g/mol. The van der Waals surface area contributed by atoms with Crippen LogP contribution in [0.4, 0.5) is 13.2 Å². The molecule has 0 aliphatic carbocycles. The van der Waals surface area contributed by atoms with E-state index < -0.39 is 27.6 Å². The molecule has 0 radical (unpaired) electrons. The molecule has 0 unspecified atom stereocenters. The van der Waals surface area contributed by atoms with Crippen molar-refractivity contribution in [2.75, 3.05) is 12.9 Å². The number of aryl methyl sites for hydroxylation is 1. The molecule has 0 aliphatic heterocycles. The predicted molar refractivity (Wildman–Crippen MR) is 129 cm³/mol. The fraction of sp³-hybridized carbons (Fsp3) is 0.192. The zero-order valence-electron chi connectivity index (χ0n) is 18.9. The lowest BCUT2D eigenvalue weighted by molar-refractivity contribution is -0.137. The van der Waals surface area contributed by atoms with Gasteiger partial charge in [-0.05, 0) is 66.9 Å². The van der Waals surface area contributed by atoms with Crippen LogP contribution in [-0.4, -0.2) is 21.3 Å². The predicted octanol–water partition coefficient (Wildman–Crippen LogP) is 5.98. The molecule has 0 spiro atoms. The van der Waals surface area contributed by atoms with Crippen LogP contribution in [0.25, 0.3) is 0 Å². The zero-order chi connectivity index (χ0) is 26.3. The molecular weight excluding hydrogens is 515 g/mol. The standard InChI is InChI=1S/C26H19ClF3NO4S/c1-36(32,33)35-22-13-12-20(23(16-22)26(28,29)30)11-10-19-9-8-18(17-31)15-21(19)5-4-14-34-25-7-3-2-6-24(25)27/h2-3,6-9,12-13,15-16H,4-5,14H2,1H3. The molecule has 0 aromatic heterocycles. The van der Waals surface area contributed by atoms with Gasteiger partial charge >= 0.3 is 16.3 Å². The van der Waals surface area contributed by atoms with Gasteiger partial charge in [-0.2, -0.15) is 26.9 Å². The Kier molecular flexibility index (Phi) is 8.52. The fourth-order valence-corrected chi connectivity index (χ4v) is 3.87. The van der Waals surface area contributed by atoms with Gasteiger partial charge in [0.1, 0.15) is 11.5 Å². The summed E-state index contributed by atoms with van der Waals surface area (Å²) in [5, 5.41) is 9.71. The molecule has 36 heavy (non-hydrogen) atoms. The van der Waals surface area contributed by atoms with E-state index in [1.807, 2.05) is 6.07 Å². The SMILES string of the molecule is CS(=O)(=O)Oc1ccc(C#Cc2ccc(C#N)cc2CCCOc2ccccc2Cl)c(C(F)(F)F)c1. The molecule has 0 N–H and O–H groups in total. The Bertz CT molecular complexity index is 1470. The molecule has 0 fully saturated rings. The van der Waals surface area contributed by atoms with Crippen LogP contribution in [0.5, 0.6) is 11.5 Å². The molecule has 0 heterocycles. The van der Waals surface area contributed by atoms with E-state index in [0.29, 0.717) is 53.0 Å². The highest BCUT2D eigenvalue weighted by molar-refractivity contribution is 7.86. The van der Waals surface area contributed by atoms with Crippen molar-refractivity contribution in [1.82, 2.24) is 0 Å². The maximum absolute atomic E-state index is 13.6. The Morgan fingerprint density at radius 3 is 2.36 bits per heavy atom. The van der Waals surface area contributed by atoms with E-state index in [1.54, 1.807) is 36.4 Å². The summed E-state index contributed by atoms with van der Waals surface area (Å²) < 4.78 is 73.6. The summed E-state index contributed by atoms with van der Waals surface area (Å²) in [7, 11) is -4.00. The van der Waals surface area contributed by atoms with Crippen molar-refractivity contribution in [2.24, 2.45) is 0 Å². The van der Waals surface area contributed by atoms with Gasteiger partial charge in [-0.3, -0.25) is 0 Å². The van der Waals surface area contributed by atoms with Crippen molar-refractivity contribution in [3.05, 3.63) is 93.5 Å². The molecule has 0 bridgehead atoms. The van der Waals surface area contributed by atoms with Crippen molar-refractivity contribution in [1.29, 1.82) is 5.26 Å². The third-order valence-corrected chi connectivity index (χ3v) is 5.60. The Balaban J connectivity index is 1.85. The summed E-state index contributed by atoms with van der Waals surface area (Å²) in [6, 6.07) is 16.5. The number of ether oxygens (including phenoxy) is 1. The first-order valence-electron chi connectivity index (χ1n) is 10.5. The first-order chi connectivity index (χ1) is 17.0. The number of benzene rings is 3. The van der Waals surface area contributed by atoms with Crippen LogP contribution in [0.1, 0.15) is 34.2 Å². The lowest BCUT2D eigenvalue weighted by Crippen LogP contribution is -2.10. The Hall–Kier alpha value is -3.66. The van der Waals surface area contributed by atoms with E-state index in [9.17, 15) is 26.9 Å². The molecule has 0 amide bonds. The fourth-order valence-electron chi connectivity index (χ4n) is 3.23. The molecular formula is C26H19ClF3NO4S. The summed E-state index contributed by atoms with van der Waals surface area (Å²) in [5.74, 6) is 5.34. The average molecular weight is 534 g/mol. The van der Waals surface area contributed by atoms with Crippen LogP contribution >= 0.6 is 11.6 Å². The van der Waals surface area contributed by atoms with Gasteiger partial charge in [0.2, 0.25) is 0 Å². The number of para-hydroxylation sites is 1. The topological polar surface area (TPSA) is 76.4 Å². The Morgan fingerprint density at radius 2 is 1.69 bits per heavy atom. The van der Waals surface area contributed by atoms with E-state index in [1.165, 1.54) is 6.07 Å². The van der Waals surface area contributed by atoms with Gasteiger partial charge in [0, 0.05) is 11.1 Å². The van der Waals surface area contributed by atoms with E-state index in [-0.39, 0.29) is 5.56 Å². The average Bonchev–Trinajstić information content (AvgIpc) is 2.80. The normalized spacial score (nSPS) is 11.2. The molecule has 5 nitrogen and oxygen atoms in total. The number of hydrogen-bond donors (Lipinski definition) is 0. The second-order valence-corrected chi connectivity index (χ2v) is 9.59. The van der Waals surface area contributed by atoms with Crippen molar-refractivity contribution in [2.45, 2.75) is 19.0 Å². The number of alkyl halides is 3. The smallest absolute Gasteiger partial charge is 0.417 e. The van der Waals surface area contributed by atoms with E-state index in [4.69, 9.17) is 16.3 Å². The Morgan fingerprint density at radius 1 is 1.00 bits per heavy atom. The quantitative estimate of drug-likeness (QED) is 0.212. The molecule has 10 heteroatoms. The Labute approximate surface area is 212 Å². The van der Waals surface area contributed by atoms with Gasteiger partial charge in [0.25, 0.3) is 0 Å². The van der Waals surface area contributed by atoms with Gasteiger partial charge < -0.3 is 8.92 Å². The molecule has 3 rings (SSSR count). The van der Waals surface area contributed by atoms with Crippen LogP contribution in [0.15, 0.2) is 60.7 Å². The summed E-state index contributed by atoms with van der Waals surface area (Å²) in [5.41, 5.74) is 0.0484. The van der Waals surface area contributed by atoms with E-state index in [2.05, 4.69) is 16.0 Å². The first kappa shape index (κ1) is 26.9. The maximum atomic E-state index is 13.6. The maximum Gasteiger partial charge on any atom is 0.417 e. The van der Waals surface area contributed by atoms with Gasteiger partial charge in [-0.1, -0.05) is 35.6 Å². The molecule has 0 atom stereocenters. The van der Waals surface area contributed by atoms with Crippen LogP contribution in [0.3, 0.4) is 0 Å². The highest BCUT2D eigenvalue weighted by Gasteiger charge is 2.34. The van der Waals surface area contributed by atoms with Crippen molar-refractivity contribution in [3.8, 4) is 29.4 Å². The zero-order valence-corrected chi connectivity index (χ0v) is 20.5. The molecule has 186 valence electrons. The van der Waals surface area contributed by atoms with Crippen LogP contribution < -0.4 is 8.92 Å². The number of nitrogens with zero attached hydrogens (tertiary/aromatic N) is 1. The van der Waals surface area contributed by atoms with Crippen molar-refractivity contribution < 1.29 is 30.5 Å². The second kappa shape index (κ2) is 11.4. The summed E-state index contributed by atoms with van der Waals surface area (Å²) in [6.07, 6.45) is -3.05. The first-order valence-corrected chi connectivity index (χ1v) is 12.7. The van der Waals surface area contributed by atoms with E-state index in [0.717, 1.165) is 18.4 Å². The number of hydrogen-bond acceptors (Lipinski definition) is 5. The van der Waals surface area contributed by atoms with Gasteiger partial charge in [-0.15, -0.1) is 0 Å². The van der Waals surface area contributed by atoms with Gasteiger partial charge in [0.15, 0.2) is 0 Å². The lowest BCUT2D eigenvalue weighted by Gasteiger charge is -2.11. The van der Waals surface area contributed by atoms with Crippen LogP contribution in [0.2, 0.25) is 5.02 Å². The number of nitriles is 1. The molecule has 0 saturated heterocycles. The van der Waals surface area contributed by atoms with E-state index >= 15 is 0 Å². The highest BCUT2D eigenvalue weighted by Crippen LogP contribution is 2.34. The minimum Gasteiger partial charge on any atom is -0.492 e. The largest absolute Gasteiger partial charge is 0.492 e. The number of halogens is 4.